The van der Waals surface area contributed by atoms with E-state index in [-0.39, 0.29) is 28.3 Å². The van der Waals surface area contributed by atoms with Crippen LogP contribution in [0, 0.1) is 6.92 Å². The Hall–Kier alpha value is -2.83. The molecule has 0 atom stereocenters. The Morgan fingerprint density at radius 3 is 2.32 bits per heavy atom. The van der Waals surface area contributed by atoms with Crippen molar-refractivity contribution in [1.29, 1.82) is 0 Å². The van der Waals surface area contributed by atoms with Crippen LogP contribution < -0.4 is 5.73 Å². The summed E-state index contributed by atoms with van der Waals surface area (Å²) < 4.78 is 5.17. The molecule has 0 saturated heterocycles. The summed E-state index contributed by atoms with van der Waals surface area (Å²) in [5, 5.41) is 8.36. The van der Waals surface area contributed by atoms with Crippen LogP contribution in [0.4, 0.5) is 0 Å². The van der Waals surface area contributed by atoms with Gasteiger partial charge in [0.05, 0.1) is 10.0 Å². The van der Waals surface area contributed by atoms with Crippen molar-refractivity contribution in [3.63, 3.8) is 0 Å². The number of carbonyl (C=O) groups excluding carboxylic acids is 1. The largest absolute Gasteiger partial charge is 0.384 e. The van der Waals surface area contributed by atoms with Crippen molar-refractivity contribution in [2.24, 2.45) is 10.9 Å². The van der Waals surface area contributed by atoms with Crippen LogP contribution in [0.25, 0.3) is 11.3 Å². The topological polar surface area (TPSA) is 90.7 Å². The molecule has 0 aliphatic carbocycles. The Morgan fingerprint density at radius 1 is 1.13 bits per heavy atom. The van der Waals surface area contributed by atoms with Crippen molar-refractivity contribution >= 4 is 35.0 Å². The highest BCUT2D eigenvalue weighted by Gasteiger charge is 2.26. The molecule has 2 N–H and O–H groups in total. The van der Waals surface area contributed by atoms with E-state index in [1.54, 1.807) is 25.1 Å². The molecule has 1 heterocycles. The van der Waals surface area contributed by atoms with Crippen molar-refractivity contribution in [2.45, 2.75) is 39.5 Å². The van der Waals surface area contributed by atoms with E-state index >= 15 is 0 Å². The number of amidine groups is 1. The van der Waals surface area contributed by atoms with Gasteiger partial charge in [-0.1, -0.05) is 84.6 Å². The monoisotopic (exact) mass is 459 g/mol. The number of aromatic nitrogens is 1. The first-order valence-corrected chi connectivity index (χ1v) is 10.4. The molecule has 0 radical (unpaired) electrons. The van der Waals surface area contributed by atoms with E-state index in [1.807, 2.05) is 12.1 Å². The van der Waals surface area contributed by atoms with Gasteiger partial charge in [-0.15, -0.1) is 0 Å². The second-order valence-corrected chi connectivity index (χ2v) is 8.96. The zero-order valence-electron chi connectivity index (χ0n) is 17.7. The summed E-state index contributed by atoms with van der Waals surface area (Å²) in [4.78, 5) is 17.7. The first-order valence-electron chi connectivity index (χ1n) is 9.61. The predicted octanol–water partition coefficient (Wildman–Crippen LogP) is 5.93. The summed E-state index contributed by atoms with van der Waals surface area (Å²) in [5.41, 5.74) is 8.84. The van der Waals surface area contributed by atoms with Gasteiger partial charge in [0.1, 0.15) is 22.9 Å². The smallest absolute Gasteiger partial charge is 0.371 e. The molecular weight excluding hydrogens is 437 g/mol. The molecule has 0 bridgehead atoms. The fraction of sp³-hybridized carbons (Fsp3) is 0.261. The van der Waals surface area contributed by atoms with Crippen LogP contribution in [0.5, 0.6) is 0 Å². The maximum atomic E-state index is 12.7. The molecule has 3 rings (SSSR count). The Balaban J connectivity index is 1.77. The third-order valence-electron chi connectivity index (χ3n) is 4.72. The number of aryl methyl sites for hydroxylation is 1. The third kappa shape index (κ3) is 5.27. The third-order valence-corrected chi connectivity index (χ3v) is 5.35. The maximum Gasteiger partial charge on any atom is 0.371 e. The molecule has 0 aliphatic heterocycles. The summed E-state index contributed by atoms with van der Waals surface area (Å²) >= 11 is 12.5. The van der Waals surface area contributed by atoms with Gasteiger partial charge in [-0.05, 0) is 35.6 Å². The summed E-state index contributed by atoms with van der Waals surface area (Å²) in [6, 6.07) is 13.0. The minimum absolute atomic E-state index is 0.0619. The molecule has 1 aromatic heterocycles. The molecule has 0 fully saturated rings. The molecule has 31 heavy (non-hydrogen) atoms. The van der Waals surface area contributed by atoms with Gasteiger partial charge in [0.2, 0.25) is 0 Å². The van der Waals surface area contributed by atoms with Gasteiger partial charge in [-0.2, -0.15) is 0 Å². The van der Waals surface area contributed by atoms with Crippen LogP contribution in [0.2, 0.25) is 10.0 Å². The molecule has 0 unspecified atom stereocenters. The number of oxime groups is 1. The Labute approximate surface area is 191 Å². The van der Waals surface area contributed by atoms with Gasteiger partial charge >= 0.3 is 5.97 Å². The first kappa shape index (κ1) is 22.8. The number of nitrogens with two attached hydrogens (primary N) is 1. The number of benzene rings is 2. The molecule has 0 saturated carbocycles. The lowest BCUT2D eigenvalue weighted by atomic mass is 9.86. The highest BCUT2D eigenvalue weighted by Crippen LogP contribution is 2.37. The molecule has 0 amide bonds. The summed E-state index contributed by atoms with van der Waals surface area (Å²) in [5.74, 6) is -0.360. The summed E-state index contributed by atoms with van der Waals surface area (Å²) in [7, 11) is 0. The van der Waals surface area contributed by atoms with Crippen LogP contribution in [-0.2, 0) is 16.7 Å². The second kappa shape index (κ2) is 9.12. The molecule has 8 heteroatoms. The predicted molar refractivity (Wildman–Crippen MR) is 123 cm³/mol. The van der Waals surface area contributed by atoms with Crippen LogP contribution in [-0.4, -0.2) is 17.0 Å². The van der Waals surface area contributed by atoms with E-state index in [2.05, 4.69) is 43.2 Å². The molecule has 0 aliphatic rings. The van der Waals surface area contributed by atoms with Crippen LogP contribution >= 0.6 is 23.2 Å². The van der Waals surface area contributed by atoms with Gasteiger partial charge in [0.25, 0.3) is 0 Å². The van der Waals surface area contributed by atoms with Crippen molar-refractivity contribution in [3.8, 4) is 11.3 Å². The van der Waals surface area contributed by atoms with E-state index in [0.29, 0.717) is 22.0 Å². The lowest BCUT2D eigenvalue weighted by molar-refractivity contribution is 0.0513. The van der Waals surface area contributed by atoms with Crippen molar-refractivity contribution in [3.05, 3.63) is 75.0 Å². The van der Waals surface area contributed by atoms with E-state index in [1.165, 1.54) is 5.56 Å². The minimum Gasteiger partial charge on any atom is -0.384 e. The van der Waals surface area contributed by atoms with E-state index < -0.39 is 5.97 Å². The first-order chi connectivity index (χ1) is 14.6. The molecule has 162 valence electrons. The maximum absolute atomic E-state index is 12.7. The summed E-state index contributed by atoms with van der Waals surface area (Å²) in [6.07, 6.45) is 0.337. The molecular formula is C23H23Cl2N3O3. The van der Waals surface area contributed by atoms with Crippen molar-refractivity contribution in [2.75, 3.05) is 0 Å². The van der Waals surface area contributed by atoms with Gasteiger partial charge in [0, 0.05) is 12.0 Å². The molecule has 2 aromatic carbocycles. The van der Waals surface area contributed by atoms with Gasteiger partial charge in [-0.25, -0.2) is 4.79 Å². The van der Waals surface area contributed by atoms with Crippen LogP contribution in [0.1, 0.15) is 48.0 Å². The molecule has 0 spiro atoms. The quantitative estimate of drug-likeness (QED) is 0.221. The Kier molecular flexibility index (Phi) is 6.72. The highest BCUT2D eigenvalue weighted by molar-refractivity contribution is 6.39. The Bertz CT molecular complexity index is 1110. The number of halogens is 2. The van der Waals surface area contributed by atoms with Gasteiger partial charge in [0.15, 0.2) is 0 Å². The van der Waals surface area contributed by atoms with E-state index in [9.17, 15) is 4.79 Å². The zero-order valence-corrected chi connectivity index (χ0v) is 19.2. The van der Waals surface area contributed by atoms with Crippen molar-refractivity contribution < 1.29 is 14.2 Å². The highest BCUT2D eigenvalue weighted by atomic mass is 35.5. The average Bonchev–Trinajstić information content (AvgIpc) is 3.07. The number of carbonyl (C=O) groups is 1. The number of nitrogens with zero attached hydrogens (tertiary/aromatic N) is 2. The van der Waals surface area contributed by atoms with E-state index in [0.717, 1.165) is 5.56 Å². The SMILES string of the molecule is Cc1onc(-c2c(Cl)cccc2Cl)c1C(=O)O/N=C(/N)Cc1ccc(C(C)(C)C)cc1. The minimum atomic E-state index is -0.768. The second-order valence-electron chi connectivity index (χ2n) is 8.14. The normalized spacial score (nSPS) is 12.1. The standard InChI is InChI=1S/C23H23Cl2N3O3/c1-13-19(21(28-30-13)20-16(24)6-5-7-17(20)25)22(29)31-27-18(26)12-14-8-10-15(11-9-14)23(2,3)4/h5-11H,12H2,1-4H3,(H2,26,27). The van der Waals surface area contributed by atoms with Crippen LogP contribution in [0.3, 0.4) is 0 Å². The number of hydrogen-bond donors (Lipinski definition) is 1. The Morgan fingerprint density at radius 2 is 1.74 bits per heavy atom. The van der Waals surface area contributed by atoms with Crippen molar-refractivity contribution in [1.82, 2.24) is 5.16 Å². The van der Waals surface area contributed by atoms with Crippen LogP contribution in [0.15, 0.2) is 52.1 Å². The molecule has 3 aromatic rings. The molecule has 6 nitrogen and oxygen atoms in total. The van der Waals surface area contributed by atoms with Gasteiger partial charge in [-0.3, -0.25) is 0 Å². The lowest BCUT2D eigenvalue weighted by Crippen LogP contribution is -2.17. The van der Waals surface area contributed by atoms with E-state index in [4.69, 9.17) is 38.3 Å². The summed E-state index contributed by atoms with van der Waals surface area (Å²) in [6.45, 7) is 8.03. The zero-order chi connectivity index (χ0) is 22.8. The fourth-order valence-corrected chi connectivity index (χ4v) is 3.59. The fourth-order valence-electron chi connectivity index (χ4n) is 3.02. The van der Waals surface area contributed by atoms with Gasteiger partial charge < -0.3 is 15.1 Å². The lowest BCUT2D eigenvalue weighted by Gasteiger charge is -2.19. The number of hydrogen-bond acceptors (Lipinski definition) is 5. The number of rotatable bonds is 5. The average molecular weight is 460 g/mol.